The van der Waals surface area contributed by atoms with Crippen LogP contribution in [0.15, 0.2) is 67.4 Å². The van der Waals surface area contributed by atoms with Gasteiger partial charge in [-0.3, -0.25) is 0 Å². The van der Waals surface area contributed by atoms with Crippen LogP contribution in [0.25, 0.3) is 23.1 Å². The predicted octanol–water partition coefficient (Wildman–Crippen LogP) is 3.81. The molecule has 2 heteroatoms. The highest BCUT2D eigenvalue weighted by Crippen LogP contribution is 2.16. The Hall–Kier alpha value is -2.61. The molecule has 0 unspecified atom stereocenters. The summed E-state index contributed by atoms with van der Waals surface area (Å²) in [6.07, 6.45) is 8.19. The molecule has 0 aliphatic carbocycles. The van der Waals surface area contributed by atoms with Crippen molar-refractivity contribution in [1.29, 1.82) is 0 Å². The van der Waals surface area contributed by atoms with Gasteiger partial charge < -0.3 is 4.98 Å². The fourth-order valence-electron chi connectivity index (χ4n) is 2.31. The molecular formula is C18H17N2+. The number of rotatable bonds is 4. The number of hydrogen-bond acceptors (Lipinski definition) is 0. The Labute approximate surface area is 118 Å². The van der Waals surface area contributed by atoms with Gasteiger partial charge in [-0.1, -0.05) is 24.8 Å². The highest BCUT2D eigenvalue weighted by molar-refractivity contribution is 5.83. The number of hydrogen-bond donors (Lipinski definition) is 1. The van der Waals surface area contributed by atoms with E-state index in [0.29, 0.717) is 0 Å². The maximum Gasteiger partial charge on any atom is 0.205 e. The van der Waals surface area contributed by atoms with Crippen molar-refractivity contribution in [1.82, 2.24) is 4.98 Å². The van der Waals surface area contributed by atoms with E-state index in [2.05, 4.69) is 64.8 Å². The van der Waals surface area contributed by atoms with E-state index in [-0.39, 0.29) is 0 Å². The lowest BCUT2D eigenvalue weighted by Gasteiger charge is -1.96. The van der Waals surface area contributed by atoms with Gasteiger partial charge in [0.05, 0.1) is 0 Å². The molecule has 0 aliphatic rings. The second-order valence-electron chi connectivity index (χ2n) is 4.71. The van der Waals surface area contributed by atoms with Gasteiger partial charge in [0.25, 0.3) is 0 Å². The summed E-state index contributed by atoms with van der Waals surface area (Å²) in [6.45, 7) is 4.61. The van der Waals surface area contributed by atoms with Gasteiger partial charge in [-0.25, -0.2) is 0 Å². The zero-order chi connectivity index (χ0) is 13.8. The predicted molar refractivity (Wildman–Crippen MR) is 84.1 cm³/mol. The van der Waals surface area contributed by atoms with Gasteiger partial charge in [-0.2, -0.15) is 4.57 Å². The number of para-hydroxylation sites is 1. The SMILES string of the molecule is C=CC[n+]1ccccc1/C=C/c1cc2ccccc2[nH]1. The molecule has 98 valence electrons. The summed E-state index contributed by atoms with van der Waals surface area (Å²) < 4.78 is 2.16. The van der Waals surface area contributed by atoms with E-state index in [9.17, 15) is 0 Å². The second-order valence-corrected chi connectivity index (χ2v) is 4.71. The van der Waals surface area contributed by atoms with Crippen molar-refractivity contribution in [2.75, 3.05) is 0 Å². The summed E-state index contributed by atoms with van der Waals surface area (Å²) in [7, 11) is 0. The van der Waals surface area contributed by atoms with E-state index in [1.54, 1.807) is 0 Å². The lowest BCUT2D eigenvalue weighted by atomic mass is 10.2. The van der Waals surface area contributed by atoms with Crippen molar-refractivity contribution in [3.8, 4) is 0 Å². The number of benzene rings is 1. The van der Waals surface area contributed by atoms with E-state index in [1.165, 1.54) is 10.9 Å². The molecule has 2 heterocycles. The van der Waals surface area contributed by atoms with Crippen LogP contribution in [-0.4, -0.2) is 4.98 Å². The highest BCUT2D eigenvalue weighted by atomic mass is 14.9. The van der Waals surface area contributed by atoms with E-state index in [1.807, 2.05) is 24.3 Å². The van der Waals surface area contributed by atoms with Crippen LogP contribution in [0.1, 0.15) is 11.4 Å². The smallest absolute Gasteiger partial charge is 0.205 e. The normalized spacial score (nSPS) is 11.2. The molecule has 2 aromatic heterocycles. The van der Waals surface area contributed by atoms with Gasteiger partial charge in [0.1, 0.15) is 0 Å². The number of fused-ring (bicyclic) bond motifs is 1. The molecular weight excluding hydrogens is 244 g/mol. The Morgan fingerprint density at radius 2 is 1.90 bits per heavy atom. The fourth-order valence-corrected chi connectivity index (χ4v) is 2.31. The standard InChI is InChI=1S/C18H16N2/c1-2-12-20-13-6-5-8-17(20)11-10-16-14-15-7-3-4-9-18(15)19-16/h2-11,13-14H,1,12H2/p+1. The van der Waals surface area contributed by atoms with Crippen molar-refractivity contribution >= 4 is 23.1 Å². The largest absolute Gasteiger partial charge is 0.355 e. The van der Waals surface area contributed by atoms with Crippen LogP contribution >= 0.6 is 0 Å². The Balaban J connectivity index is 1.92. The Morgan fingerprint density at radius 1 is 1.05 bits per heavy atom. The number of H-pyrrole nitrogens is 1. The maximum atomic E-state index is 3.79. The number of nitrogens with one attached hydrogen (secondary N) is 1. The molecule has 1 aromatic carbocycles. The molecule has 2 nitrogen and oxygen atoms in total. The van der Waals surface area contributed by atoms with Crippen LogP contribution in [0.2, 0.25) is 0 Å². The van der Waals surface area contributed by atoms with Crippen molar-refractivity contribution < 1.29 is 4.57 Å². The molecule has 3 aromatic rings. The van der Waals surface area contributed by atoms with Gasteiger partial charge in [0.15, 0.2) is 12.7 Å². The van der Waals surface area contributed by atoms with Gasteiger partial charge in [-0.05, 0) is 35.7 Å². The Morgan fingerprint density at radius 3 is 2.75 bits per heavy atom. The average molecular weight is 261 g/mol. The molecule has 0 saturated heterocycles. The van der Waals surface area contributed by atoms with Crippen LogP contribution < -0.4 is 4.57 Å². The zero-order valence-corrected chi connectivity index (χ0v) is 11.3. The highest BCUT2D eigenvalue weighted by Gasteiger charge is 2.03. The number of pyridine rings is 1. The monoisotopic (exact) mass is 261 g/mol. The lowest BCUT2D eigenvalue weighted by Crippen LogP contribution is -2.35. The quantitative estimate of drug-likeness (QED) is 0.544. The van der Waals surface area contributed by atoms with Crippen LogP contribution in [0, 0.1) is 0 Å². The number of nitrogens with zero attached hydrogens (tertiary/aromatic N) is 1. The van der Waals surface area contributed by atoms with Gasteiger partial charge in [-0.15, -0.1) is 0 Å². The molecule has 0 spiro atoms. The maximum absolute atomic E-state index is 3.79. The summed E-state index contributed by atoms with van der Waals surface area (Å²) in [5.41, 5.74) is 3.44. The number of aromatic nitrogens is 2. The molecule has 20 heavy (non-hydrogen) atoms. The van der Waals surface area contributed by atoms with Crippen LogP contribution in [0.5, 0.6) is 0 Å². The third kappa shape index (κ3) is 2.54. The van der Waals surface area contributed by atoms with Crippen molar-refractivity contribution in [2.45, 2.75) is 6.54 Å². The number of allylic oxidation sites excluding steroid dienone is 1. The first kappa shape index (κ1) is 12.4. The summed E-state index contributed by atoms with van der Waals surface area (Å²) in [5, 5.41) is 1.24. The summed E-state index contributed by atoms with van der Waals surface area (Å²) >= 11 is 0. The topological polar surface area (TPSA) is 19.7 Å². The Kier molecular flexibility index (Phi) is 3.46. The molecule has 0 fully saturated rings. The second kappa shape index (κ2) is 5.57. The lowest BCUT2D eigenvalue weighted by molar-refractivity contribution is -0.688. The molecule has 0 radical (unpaired) electrons. The van der Waals surface area contributed by atoms with Crippen molar-refractivity contribution in [2.24, 2.45) is 0 Å². The molecule has 0 bridgehead atoms. The molecule has 0 amide bonds. The van der Waals surface area contributed by atoms with Gasteiger partial charge in [0.2, 0.25) is 5.69 Å². The van der Waals surface area contributed by atoms with Crippen LogP contribution in [-0.2, 0) is 6.54 Å². The van der Waals surface area contributed by atoms with E-state index < -0.39 is 0 Å². The molecule has 1 N–H and O–H groups in total. The summed E-state index contributed by atoms with van der Waals surface area (Å²) in [5.74, 6) is 0. The van der Waals surface area contributed by atoms with Gasteiger partial charge >= 0.3 is 0 Å². The summed E-state index contributed by atoms with van der Waals surface area (Å²) in [6, 6.07) is 16.6. The third-order valence-corrected chi connectivity index (χ3v) is 3.29. The first-order valence-electron chi connectivity index (χ1n) is 6.72. The third-order valence-electron chi connectivity index (χ3n) is 3.29. The minimum Gasteiger partial charge on any atom is -0.355 e. The van der Waals surface area contributed by atoms with Crippen molar-refractivity contribution in [3.63, 3.8) is 0 Å². The van der Waals surface area contributed by atoms with E-state index in [4.69, 9.17) is 0 Å². The van der Waals surface area contributed by atoms with Crippen LogP contribution in [0.3, 0.4) is 0 Å². The first-order chi connectivity index (χ1) is 9.86. The molecule has 0 atom stereocenters. The Bertz CT molecular complexity index is 733. The van der Waals surface area contributed by atoms with E-state index in [0.717, 1.165) is 17.9 Å². The first-order valence-corrected chi connectivity index (χ1v) is 6.72. The molecule has 0 aliphatic heterocycles. The van der Waals surface area contributed by atoms with Crippen molar-refractivity contribution in [3.05, 3.63) is 78.8 Å². The molecule has 3 rings (SSSR count). The number of aromatic amines is 1. The zero-order valence-electron chi connectivity index (χ0n) is 11.3. The van der Waals surface area contributed by atoms with Crippen LogP contribution in [0.4, 0.5) is 0 Å². The van der Waals surface area contributed by atoms with Gasteiger partial charge in [0, 0.05) is 29.4 Å². The fraction of sp³-hybridized carbons (Fsp3) is 0.0556. The van der Waals surface area contributed by atoms with E-state index >= 15 is 0 Å². The minimum atomic E-state index is 0.813. The summed E-state index contributed by atoms with van der Waals surface area (Å²) in [4.78, 5) is 3.40. The minimum absolute atomic E-state index is 0.813. The average Bonchev–Trinajstić information content (AvgIpc) is 2.89. The molecule has 0 saturated carbocycles.